The molecule has 0 aliphatic rings. The lowest BCUT2D eigenvalue weighted by Crippen LogP contribution is -1.99. The van der Waals surface area contributed by atoms with Gasteiger partial charge in [-0.2, -0.15) is 0 Å². The molecule has 1 aromatic heterocycles. The number of aromatic nitrogens is 1. The molecule has 16 heavy (non-hydrogen) atoms. The molecule has 1 heteroatoms. The Bertz CT molecular complexity index is 509. The molecule has 1 atom stereocenters. The first-order chi connectivity index (χ1) is 7.63. The SMILES string of the molecule is CC[C@H](C)c1c(C)ccc2ccc(C)nc12. The normalized spacial score (nSPS) is 13.0. The van der Waals surface area contributed by atoms with Gasteiger partial charge >= 0.3 is 0 Å². The van der Waals surface area contributed by atoms with Crippen LogP contribution in [0.25, 0.3) is 10.9 Å². The fraction of sp³-hybridized carbons (Fsp3) is 0.400. The topological polar surface area (TPSA) is 12.9 Å². The predicted octanol–water partition coefficient (Wildman–Crippen LogP) is 4.37. The van der Waals surface area contributed by atoms with Crippen LogP contribution in [0.1, 0.15) is 43.0 Å². The molecule has 0 saturated heterocycles. The number of nitrogens with zero attached hydrogens (tertiary/aromatic N) is 1. The largest absolute Gasteiger partial charge is 0.253 e. The van der Waals surface area contributed by atoms with Crippen LogP contribution in [-0.2, 0) is 0 Å². The zero-order chi connectivity index (χ0) is 11.7. The standard InChI is InChI=1S/C15H19N/c1-5-10(2)14-11(3)6-8-13-9-7-12(4)16-15(13)14/h6-10H,5H2,1-4H3/t10-/m0/s1. The van der Waals surface area contributed by atoms with Gasteiger partial charge in [0.2, 0.25) is 0 Å². The summed E-state index contributed by atoms with van der Waals surface area (Å²) in [5.74, 6) is 0.581. The highest BCUT2D eigenvalue weighted by Crippen LogP contribution is 2.29. The molecule has 0 aliphatic heterocycles. The number of fused-ring (bicyclic) bond motifs is 1. The van der Waals surface area contributed by atoms with Crippen molar-refractivity contribution in [1.29, 1.82) is 0 Å². The van der Waals surface area contributed by atoms with Gasteiger partial charge in [0, 0.05) is 11.1 Å². The van der Waals surface area contributed by atoms with Crippen molar-refractivity contribution in [2.75, 3.05) is 0 Å². The van der Waals surface area contributed by atoms with Crippen LogP contribution in [0.3, 0.4) is 0 Å². The lowest BCUT2D eigenvalue weighted by atomic mass is 9.91. The van der Waals surface area contributed by atoms with E-state index in [2.05, 4.69) is 52.0 Å². The molecule has 0 N–H and O–H groups in total. The second kappa shape index (κ2) is 4.25. The molecule has 1 aromatic carbocycles. The van der Waals surface area contributed by atoms with Gasteiger partial charge in [0.15, 0.2) is 0 Å². The van der Waals surface area contributed by atoms with Crippen LogP contribution >= 0.6 is 0 Å². The Morgan fingerprint density at radius 1 is 1.12 bits per heavy atom. The molecule has 0 unspecified atom stereocenters. The van der Waals surface area contributed by atoms with Gasteiger partial charge in [0.1, 0.15) is 0 Å². The van der Waals surface area contributed by atoms with Crippen LogP contribution in [0, 0.1) is 13.8 Å². The molecule has 0 bridgehead atoms. The minimum atomic E-state index is 0.581. The third-order valence-corrected chi connectivity index (χ3v) is 3.36. The monoisotopic (exact) mass is 213 g/mol. The molecule has 0 spiro atoms. The fourth-order valence-electron chi connectivity index (χ4n) is 2.24. The Morgan fingerprint density at radius 2 is 1.81 bits per heavy atom. The summed E-state index contributed by atoms with van der Waals surface area (Å²) in [5, 5.41) is 1.26. The van der Waals surface area contributed by atoms with E-state index in [9.17, 15) is 0 Å². The van der Waals surface area contributed by atoms with E-state index in [1.54, 1.807) is 0 Å². The lowest BCUT2D eigenvalue weighted by molar-refractivity contribution is 0.732. The Labute approximate surface area is 97.5 Å². The highest BCUT2D eigenvalue weighted by atomic mass is 14.7. The zero-order valence-corrected chi connectivity index (χ0v) is 10.5. The first kappa shape index (κ1) is 11.1. The summed E-state index contributed by atoms with van der Waals surface area (Å²) in [7, 11) is 0. The molecule has 0 radical (unpaired) electrons. The van der Waals surface area contributed by atoms with Gasteiger partial charge < -0.3 is 0 Å². The zero-order valence-electron chi connectivity index (χ0n) is 10.5. The molecule has 1 nitrogen and oxygen atoms in total. The summed E-state index contributed by atoms with van der Waals surface area (Å²) in [5.41, 5.74) is 5.07. The minimum Gasteiger partial charge on any atom is -0.253 e. The van der Waals surface area contributed by atoms with E-state index in [1.807, 2.05) is 0 Å². The molecular weight excluding hydrogens is 194 g/mol. The third kappa shape index (κ3) is 1.82. The Morgan fingerprint density at radius 3 is 2.50 bits per heavy atom. The van der Waals surface area contributed by atoms with E-state index in [0.717, 1.165) is 12.1 Å². The number of aryl methyl sites for hydroxylation is 2. The number of benzene rings is 1. The number of hydrogen-bond acceptors (Lipinski definition) is 1. The van der Waals surface area contributed by atoms with Crippen LogP contribution in [0.4, 0.5) is 0 Å². The Balaban J connectivity index is 2.77. The van der Waals surface area contributed by atoms with Crippen molar-refractivity contribution in [3.8, 4) is 0 Å². The smallest absolute Gasteiger partial charge is 0.0742 e. The van der Waals surface area contributed by atoms with E-state index in [4.69, 9.17) is 4.98 Å². The fourth-order valence-corrected chi connectivity index (χ4v) is 2.24. The van der Waals surface area contributed by atoms with Gasteiger partial charge in [0.25, 0.3) is 0 Å². The van der Waals surface area contributed by atoms with Gasteiger partial charge in [-0.15, -0.1) is 0 Å². The van der Waals surface area contributed by atoms with Gasteiger partial charge in [0.05, 0.1) is 5.52 Å². The molecule has 0 aliphatic carbocycles. The second-order valence-corrected chi connectivity index (χ2v) is 4.63. The van der Waals surface area contributed by atoms with Crippen LogP contribution in [0.2, 0.25) is 0 Å². The number of hydrogen-bond donors (Lipinski definition) is 0. The number of pyridine rings is 1. The van der Waals surface area contributed by atoms with Gasteiger partial charge in [-0.25, -0.2) is 0 Å². The summed E-state index contributed by atoms with van der Waals surface area (Å²) in [4.78, 5) is 4.71. The maximum atomic E-state index is 4.71. The average molecular weight is 213 g/mol. The highest BCUT2D eigenvalue weighted by Gasteiger charge is 2.11. The molecule has 2 rings (SSSR count). The van der Waals surface area contributed by atoms with Crippen molar-refractivity contribution in [1.82, 2.24) is 4.98 Å². The predicted molar refractivity (Wildman–Crippen MR) is 69.9 cm³/mol. The molecule has 0 fully saturated rings. The molecular formula is C15H19N. The second-order valence-electron chi connectivity index (χ2n) is 4.63. The maximum Gasteiger partial charge on any atom is 0.0742 e. The van der Waals surface area contributed by atoms with E-state index >= 15 is 0 Å². The van der Waals surface area contributed by atoms with Gasteiger partial charge in [-0.1, -0.05) is 32.0 Å². The van der Waals surface area contributed by atoms with Crippen molar-refractivity contribution >= 4 is 10.9 Å². The highest BCUT2D eigenvalue weighted by molar-refractivity contribution is 5.83. The average Bonchev–Trinajstić information content (AvgIpc) is 2.28. The summed E-state index contributed by atoms with van der Waals surface area (Å²) in [6.07, 6.45) is 1.16. The first-order valence-electron chi connectivity index (χ1n) is 6.00. The van der Waals surface area contributed by atoms with Gasteiger partial charge in [-0.3, -0.25) is 4.98 Å². The summed E-state index contributed by atoms with van der Waals surface area (Å²) in [6.45, 7) is 8.76. The maximum absolute atomic E-state index is 4.71. The van der Waals surface area contributed by atoms with Gasteiger partial charge in [-0.05, 0) is 43.4 Å². The van der Waals surface area contributed by atoms with E-state index < -0.39 is 0 Å². The van der Waals surface area contributed by atoms with E-state index in [1.165, 1.54) is 22.0 Å². The van der Waals surface area contributed by atoms with Crippen LogP contribution < -0.4 is 0 Å². The van der Waals surface area contributed by atoms with Crippen LogP contribution in [0.15, 0.2) is 24.3 Å². The summed E-state index contributed by atoms with van der Waals surface area (Å²) >= 11 is 0. The summed E-state index contributed by atoms with van der Waals surface area (Å²) in [6, 6.07) is 8.63. The Kier molecular flexibility index (Phi) is 2.95. The van der Waals surface area contributed by atoms with Crippen molar-refractivity contribution in [2.45, 2.75) is 40.0 Å². The van der Waals surface area contributed by atoms with Crippen LogP contribution in [0.5, 0.6) is 0 Å². The molecule has 84 valence electrons. The number of rotatable bonds is 2. The van der Waals surface area contributed by atoms with Crippen LogP contribution in [-0.4, -0.2) is 4.98 Å². The van der Waals surface area contributed by atoms with E-state index in [-0.39, 0.29) is 0 Å². The molecule has 1 heterocycles. The summed E-state index contributed by atoms with van der Waals surface area (Å²) < 4.78 is 0. The van der Waals surface area contributed by atoms with E-state index in [0.29, 0.717) is 5.92 Å². The van der Waals surface area contributed by atoms with Crippen molar-refractivity contribution in [3.63, 3.8) is 0 Å². The van der Waals surface area contributed by atoms with Crippen molar-refractivity contribution < 1.29 is 0 Å². The molecule has 0 amide bonds. The lowest BCUT2D eigenvalue weighted by Gasteiger charge is -2.15. The Hall–Kier alpha value is -1.37. The van der Waals surface area contributed by atoms with Crippen molar-refractivity contribution in [3.05, 3.63) is 41.1 Å². The molecule has 2 aromatic rings. The first-order valence-corrected chi connectivity index (χ1v) is 6.00. The minimum absolute atomic E-state index is 0.581. The molecule has 0 saturated carbocycles. The third-order valence-electron chi connectivity index (χ3n) is 3.36. The van der Waals surface area contributed by atoms with Crippen molar-refractivity contribution in [2.24, 2.45) is 0 Å². The quantitative estimate of drug-likeness (QED) is 0.722.